The summed E-state index contributed by atoms with van der Waals surface area (Å²) in [6.07, 6.45) is 1.01. The number of hydrogen-bond donors (Lipinski definition) is 3. The number of nitrogens with one attached hydrogen (secondary N) is 2. The maximum Gasteiger partial charge on any atom is 0.227 e. The van der Waals surface area contributed by atoms with Crippen LogP contribution < -0.4 is 16.4 Å². The minimum Gasteiger partial charge on any atom is -0.359 e. The van der Waals surface area contributed by atoms with Crippen molar-refractivity contribution in [2.45, 2.75) is 46.1 Å². The van der Waals surface area contributed by atoms with Crippen LogP contribution in [0.2, 0.25) is 0 Å². The molecule has 0 unspecified atom stereocenters. The van der Waals surface area contributed by atoms with Crippen molar-refractivity contribution in [3.05, 3.63) is 0 Å². The SMILES string of the molecule is CNC(=O)C(C)(C)CNC(=O)CCC(C)(C)N. The Morgan fingerprint density at radius 2 is 1.71 bits per heavy atom. The van der Waals surface area contributed by atoms with Crippen molar-refractivity contribution in [2.75, 3.05) is 13.6 Å². The van der Waals surface area contributed by atoms with Crippen molar-refractivity contribution in [3.63, 3.8) is 0 Å². The molecule has 0 aliphatic heterocycles. The molecule has 0 heterocycles. The first-order chi connectivity index (χ1) is 7.58. The molecule has 0 atom stereocenters. The second-order valence-corrected chi connectivity index (χ2v) is 5.73. The molecule has 0 bridgehead atoms. The lowest BCUT2D eigenvalue weighted by molar-refractivity contribution is -0.129. The average molecular weight is 243 g/mol. The van der Waals surface area contributed by atoms with Crippen LogP contribution in [0, 0.1) is 5.41 Å². The molecule has 0 fully saturated rings. The van der Waals surface area contributed by atoms with Gasteiger partial charge in [0.1, 0.15) is 0 Å². The van der Waals surface area contributed by atoms with Gasteiger partial charge in [0.25, 0.3) is 0 Å². The van der Waals surface area contributed by atoms with E-state index in [0.29, 0.717) is 19.4 Å². The molecule has 5 nitrogen and oxygen atoms in total. The summed E-state index contributed by atoms with van der Waals surface area (Å²) < 4.78 is 0. The van der Waals surface area contributed by atoms with E-state index in [0.717, 1.165) is 0 Å². The first-order valence-corrected chi connectivity index (χ1v) is 5.86. The predicted octanol–water partition coefficient (Wildman–Crippen LogP) is 0.392. The van der Waals surface area contributed by atoms with Crippen molar-refractivity contribution in [2.24, 2.45) is 11.1 Å². The highest BCUT2D eigenvalue weighted by molar-refractivity contribution is 5.83. The molecule has 5 heteroatoms. The molecule has 0 saturated carbocycles. The average Bonchev–Trinajstić information content (AvgIpc) is 2.21. The number of rotatable bonds is 6. The molecule has 4 N–H and O–H groups in total. The fourth-order valence-corrected chi connectivity index (χ4v) is 1.26. The highest BCUT2D eigenvalue weighted by Crippen LogP contribution is 2.13. The molecular formula is C12H25N3O2. The van der Waals surface area contributed by atoms with Gasteiger partial charge in [0, 0.05) is 25.6 Å². The molecule has 0 radical (unpaired) electrons. The highest BCUT2D eigenvalue weighted by atomic mass is 16.2. The van der Waals surface area contributed by atoms with E-state index in [4.69, 9.17) is 5.73 Å². The van der Waals surface area contributed by atoms with Crippen LogP contribution in [0.5, 0.6) is 0 Å². The molecule has 0 rings (SSSR count). The van der Waals surface area contributed by atoms with Crippen molar-refractivity contribution < 1.29 is 9.59 Å². The Hall–Kier alpha value is -1.10. The van der Waals surface area contributed by atoms with E-state index in [9.17, 15) is 9.59 Å². The van der Waals surface area contributed by atoms with Gasteiger partial charge in [-0.1, -0.05) is 0 Å². The molecule has 0 spiro atoms. The van der Waals surface area contributed by atoms with Crippen LogP contribution in [-0.4, -0.2) is 30.9 Å². The fraction of sp³-hybridized carbons (Fsp3) is 0.833. The number of nitrogens with two attached hydrogens (primary N) is 1. The van der Waals surface area contributed by atoms with Crippen LogP contribution in [0.1, 0.15) is 40.5 Å². The van der Waals surface area contributed by atoms with E-state index < -0.39 is 5.41 Å². The number of carbonyl (C=O) groups excluding carboxylic acids is 2. The van der Waals surface area contributed by atoms with Crippen LogP contribution in [0.4, 0.5) is 0 Å². The molecule has 2 amide bonds. The molecular weight excluding hydrogens is 218 g/mol. The van der Waals surface area contributed by atoms with Crippen molar-refractivity contribution in [1.82, 2.24) is 10.6 Å². The Labute approximate surface area is 104 Å². The van der Waals surface area contributed by atoms with Gasteiger partial charge in [0.05, 0.1) is 5.41 Å². The van der Waals surface area contributed by atoms with E-state index in [2.05, 4.69) is 10.6 Å². The summed E-state index contributed by atoms with van der Waals surface area (Å²) in [5.74, 6) is -0.155. The van der Waals surface area contributed by atoms with Crippen LogP contribution in [0.25, 0.3) is 0 Å². The Bertz CT molecular complexity index is 280. The molecule has 0 aromatic carbocycles. The van der Waals surface area contributed by atoms with Crippen LogP contribution in [0.15, 0.2) is 0 Å². The van der Waals surface area contributed by atoms with Crippen LogP contribution in [0.3, 0.4) is 0 Å². The zero-order valence-electron chi connectivity index (χ0n) is 11.5. The van der Waals surface area contributed by atoms with Crippen LogP contribution in [-0.2, 0) is 9.59 Å². The van der Waals surface area contributed by atoms with Gasteiger partial charge in [-0.15, -0.1) is 0 Å². The summed E-state index contributed by atoms with van der Waals surface area (Å²) in [7, 11) is 1.59. The largest absolute Gasteiger partial charge is 0.359 e. The number of amides is 2. The maximum atomic E-state index is 11.5. The minimum atomic E-state index is -0.595. The third kappa shape index (κ3) is 6.94. The van der Waals surface area contributed by atoms with Gasteiger partial charge in [-0.05, 0) is 34.1 Å². The molecule has 0 aliphatic carbocycles. The van der Waals surface area contributed by atoms with Gasteiger partial charge in [-0.25, -0.2) is 0 Å². The standard InChI is InChI=1S/C12H25N3O2/c1-11(2,10(17)14-5)8-15-9(16)6-7-12(3,4)13/h6-8,13H2,1-5H3,(H,14,17)(H,15,16). The highest BCUT2D eigenvalue weighted by Gasteiger charge is 2.27. The maximum absolute atomic E-state index is 11.5. The molecule has 0 aliphatic rings. The summed E-state index contributed by atoms with van der Waals surface area (Å²) in [6, 6.07) is 0. The van der Waals surface area contributed by atoms with Crippen molar-refractivity contribution >= 4 is 11.8 Å². The first-order valence-electron chi connectivity index (χ1n) is 5.86. The lowest BCUT2D eigenvalue weighted by atomic mass is 9.92. The molecule has 0 aromatic rings. The Morgan fingerprint density at radius 1 is 1.18 bits per heavy atom. The summed E-state index contributed by atoms with van der Waals surface area (Å²) in [5.41, 5.74) is 4.86. The Balaban J connectivity index is 4.04. The Morgan fingerprint density at radius 3 is 2.12 bits per heavy atom. The predicted molar refractivity (Wildman–Crippen MR) is 68.4 cm³/mol. The number of carbonyl (C=O) groups is 2. The lowest BCUT2D eigenvalue weighted by Gasteiger charge is -2.23. The lowest BCUT2D eigenvalue weighted by Crippen LogP contribution is -2.44. The van der Waals surface area contributed by atoms with E-state index in [-0.39, 0.29) is 17.4 Å². The summed E-state index contributed by atoms with van der Waals surface area (Å²) in [4.78, 5) is 23.0. The topological polar surface area (TPSA) is 84.2 Å². The molecule has 0 aromatic heterocycles. The molecule has 17 heavy (non-hydrogen) atoms. The van der Waals surface area contributed by atoms with E-state index in [1.807, 2.05) is 13.8 Å². The van der Waals surface area contributed by atoms with E-state index in [1.54, 1.807) is 20.9 Å². The summed E-state index contributed by atoms with van der Waals surface area (Å²) >= 11 is 0. The van der Waals surface area contributed by atoms with E-state index in [1.165, 1.54) is 0 Å². The molecule has 0 saturated heterocycles. The normalized spacial score (nSPS) is 12.1. The third-order valence-electron chi connectivity index (χ3n) is 2.57. The van der Waals surface area contributed by atoms with Gasteiger partial charge in [0.2, 0.25) is 11.8 Å². The summed E-state index contributed by atoms with van der Waals surface area (Å²) in [6.45, 7) is 7.68. The monoisotopic (exact) mass is 243 g/mol. The van der Waals surface area contributed by atoms with Gasteiger partial charge in [-0.2, -0.15) is 0 Å². The quantitative estimate of drug-likeness (QED) is 0.631. The minimum absolute atomic E-state index is 0.0690. The van der Waals surface area contributed by atoms with Crippen molar-refractivity contribution in [1.29, 1.82) is 0 Å². The van der Waals surface area contributed by atoms with Gasteiger partial charge in [-0.3, -0.25) is 9.59 Å². The zero-order valence-corrected chi connectivity index (χ0v) is 11.5. The fourth-order valence-electron chi connectivity index (χ4n) is 1.26. The van der Waals surface area contributed by atoms with E-state index >= 15 is 0 Å². The summed E-state index contributed by atoms with van der Waals surface area (Å²) in [5, 5.41) is 5.33. The van der Waals surface area contributed by atoms with Crippen LogP contribution >= 0.6 is 0 Å². The zero-order chi connectivity index (χ0) is 13.7. The second-order valence-electron chi connectivity index (χ2n) is 5.73. The second kappa shape index (κ2) is 6.00. The molecule has 100 valence electrons. The van der Waals surface area contributed by atoms with Gasteiger partial charge >= 0.3 is 0 Å². The first kappa shape index (κ1) is 15.9. The smallest absolute Gasteiger partial charge is 0.227 e. The third-order valence-corrected chi connectivity index (χ3v) is 2.57. The number of hydrogen-bond acceptors (Lipinski definition) is 3. The Kier molecular flexibility index (Phi) is 5.61. The van der Waals surface area contributed by atoms with Gasteiger partial charge in [0.15, 0.2) is 0 Å². The van der Waals surface area contributed by atoms with Gasteiger partial charge < -0.3 is 16.4 Å². The van der Waals surface area contributed by atoms with Crippen molar-refractivity contribution in [3.8, 4) is 0 Å².